The molecule has 0 aliphatic carbocycles. The van der Waals surface area contributed by atoms with Crippen LogP contribution in [0.5, 0.6) is 11.5 Å². The van der Waals surface area contributed by atoms with E-state index in [4.69, 9.17) is 4.74 Å². The Balaban J connectivity index is 2.13. The van der Waals surface area contributed by atoms with Crippen molar-refractivity contribution in [3.63, 3.8) is 0 Å². The Labute approximate surface area is 130 Å². The lowest BCUT2D eigenvalue weighted by Gasteiger charge is -2.10. The smallest absolute Gasteiger partial charge is 0.153 e. The number of para-hydroxylation sites is 1. The molecule has 1 heterocycles. The van der Waals surface area contributed by atoms with E-state index >= 15 is 0 Å². The first-order valence-corrected chi connectivity index (χ1v) is 7.21. The molecule has 0 atom stereocenters. The quantitative estimate of drug-likeness (QED) is 0.662. The summed E-state index contributed by atoms with van der Waals surface area (Å²) in [6.45, 7) is 1.94. The SMILES string of the molecule is Cc1ccc2cccc(Oc3cccc(Br)c3C#N)c2n1. The fraction of sp³-hybridized carbons (Fsp3) is 0.0588. The molecule has 3 nitrogen and oxygen atoms in total. The molecule has 2 aromatic carbocycles. The zero-order valence-corrected chi connectivity index (χ0v) is 12.9. The Bertz CT molecular complexity index is 868. The lowest BCUT2D eigenvalue weighted by molar-refractivity contribution is 0.485. The van der Waals surface area contributed by atoms with Crippen LogP contribution in [-0.4, -0.2) is 4.98 Å². The molecule has 0 unspecified atom stereocenters. The highest BCUT2D eigenvalue weighted by Gasteiger charge is 2.10. The van der Waals surface area contributed by atoms with E-state index in [2.05, 4.69) is 27.0 Å². The van der Waals surface area contributed by atoms with Crippen molar-refractivity contribution >= 4 is 26.8 Å². The molecule has 4 heteroatoms. The summed E-state index contributed by atoms with van der Waals surface area (Å²) < 4.78 is 6.65. The lowest BCUT2D eigenvalue weighted by Crippen LogP contribution is -1.92. The van der Waals surface area contributed by atoms with Crippen molar-refractivity contribution in [1.29, 1.82) is 5.26 Å². The summed E-state index contributed by atoms with van der Waals surface area (Å²) in [6, 6.07) is 17.3. The Hall–Kier alpha value is -2.38. The number of pyridine rings is 1. The van der Waals surface area contributed by atoms with Gasteiger partial charge in [-0.05, 0) is 47.1 Å². The van der Waals surface area contributed by atoms with Crippen molar-refractivity contribution in [3.8, 4) is 17.6 Å². The zero-order valence-electron chi connectivity index (χ0n) is 11.3. The molecule has 0 bridgehead atoms. The summed E-state index contributed by atoms with van der Waals surface area (Å²) in [5, 5.41) is 10.3. The second-order valence-electron chi connectivity index (χ2n) is 4.61. The predicted octanol–water partition coefficient (Wildman–Crippen LogP) is 4.97. The topological polar surface area (TPSA) is 45.9 Å². The van der Waals surface area contributed by atoms with E-state index in [1.165, 1.54) is 0 Å². The number of hydrogen-bond donors (Lipinski definition) is 0. The minimum atomic E-state index is 0.474. The number of rotatable bonds is 2. The Morgan fingerprint density at radius 3 is 2.62 bits per heavy atom. The summed E-state index contributed by atoms with van der Waals surface area (Å²) in [5.74, 6) is 1.16. The highest BCUT2D eigenvalue weighted by atomic mass is 79.9. The van der Waals surface area contributed by atoms with Gasteiger partial charge in [-0.15, -0.1) is 0 Å². The number of hydrogen-bond acceptors (Lipinski definition) is 3. The van der Waals surface area contributed by atoms with E-state index in [9.17, 15) is 5.26 Å². The van der Waals surface area contributed by atoms with Gasteiger partial charge in [0.1, 0.15) is 22.9 Å². The van der Waals surface area contributed by atoms with Crippen LogP contribution in [0.4, 0.5) is 0 Å². The second-order valence-corrected chi connectivity index (χ2v) is 5.46. The largest absolute Gasteiger partial charge is 0.454 e. The number of nitriles is 1. The average molecular weight is 339 g/mol. The van der Waals surface area contributed by atoms with Crippen molar-refractivity contribution in [2.45, 2.75) is 6.92 Å². The molecular weight excluding hydrogens is 328 g/mol. The molecule has 0 amide bonds. The third-order valence-corrected chi connectivity index (χ3v) is 3.79. The molecule has 0 radical (unpaired) electrons. The molecule has 0 spiro atoms. The first kappa shape index (κ1) is 13.6. The van der Waals surface area contributed by atoms with Crippen molar-refractivity contribution in [2.75, 3.05) is 0 Å². The number of ether oxygens (including phenoxy) is 1. The van der Waals surface area contributed by atoms with Crippen molar-refractivity contribution in [1.82, 2.24) is 4.98 Å². The normalized spacial score (nSPS) is 10.3. The van der Waals surface area contributed by atoms with Crippen LogP contribution in [0.2, 0.25) is 0 Å². The van der Waals surface area contributed by atoms with Crippen molar-refractivity contribution in [3.05, 3.63) is 64.3 Å². The second kappa shape index (κ2) is 5.55. The van der Waals surface area contributed by atoms with Crippen LogP contribution in [-0.2, 0) is 0 Å². The number of halogens is 1. The molecule has 0 saturated carbocycles. The maximum absolute atomic E-state index is 9.26. The van der Waals surface area contributed by atoms with E-state index < -0.39 is 0 Å². The van der Waals surface area contributed by atoms with Gasteiger partial charge in [0.05, 0.1) is 0 Å². The number of fused-ring (bicyclic) bond motifs is 1. The van der Waals surface area contributed by atoms with Gasteiger partial charge in [0, 0.05) is 15.6 Å². The van der Waals surface area contributed by atoms with Crippen LogP contribution in [0.3, 0.4) is 0 Å². The van der Waals surface area contributed by atoms with Gasteiger partial charge in [-0.3, -0.25) is 0 Å². The number of nitrogens with zero attached hydrogens (tertiary/aromatic N) is 2. The van der Waals surface area contributed by atoms with Gasteiger partial charge < -0.3 is 4.74 Å². The van der Waals surface area contributed by atoms with E-state index in [1.54, 1.807) is 6.07 Å². The van der Waals surface area contributed by atoms with Crippen LogP contribution < -0.4 is 4.74 Å². The highest BCUT2D eigenvalue weighted by molar-refractivity contribution is 9.10. The molecular formula is C17H11BrN2O. The molecule has 0 saturated heterocycles. The van der Waals surface area contributed by atoms with Crippen molar-refractivity contribution < 1.29 is 4.74 Å². The van der Waals surface area contributed by atoms with Crippen LogP contribution in [0.15, 0.2) is 53.0 Å². The van der Waals surface area contributed by atoms with E-state index in [0.717, 1.165) is 16.6 Å². The molecule has 0 aliphatic rings. The minimum Gasteiger partial charge on any atom is -0.454 e. The lowest BCUT2D eigenvalue weighted by atomic mass is 10.2. The average Bonchev–Trinajstić information content (AvgIpc) is 2.48. The molecule has 3 rings (SSSR count). The molecule has 1 aromatic heterocycles. The van der Waals surface area contributed by atoms with Gasteiger partial charge in [-0.1, -0.05) is 24.3 Å². The van der Waals surface area contributed by atoms with Crippen molar-refractivity contribution in [2.24, 2.45) is 0 Å². The third kappa shape index (κ3) is 2.61. The molecule has 0 fully saturated rings. The zero-order chi connectivity index (χ0) is 14.8. The molecule has 3 aromatic rings. The van der Waals surface area contributed by atoms with Gasteiger partial charge >= 0.3 is 0 Å². The Morgan fingerprint density at radius 1 is 1.05 bits per heavy atom. The van der Waals surface area contributed by atoms with E-state index in [-0.39, 0.29) is 0 Å². The summed E-state index contributed by atoms with van der Waals surface area (Å²) in [6.07, 6.45) is 0. The first-order valence-electron chi connectivity index (χ1n) is 6.42. The Morgan fingerprint density at radius 2 is 1.81 bits per heavy atom. The molecule has 21 heavy (non-hydrogen) atoms. The van der Waals surface area contributed by atoms with Crippen LogP contribution in [0.1, 0.15) is 11.3 Å². The molecule has 102 valence electrons. The van der Waals surface area contributed by atoms with E-state index in [1.807, 2.05) is 49.4 Å². The fourth-order valence-corrected chi connectivity index (χ4v) is 2.55. The van der Waals surface area contributed by atoms with Crippen LogP contribution in [0, 0.1) is 18.3 Å². The van der Waals surface area contributed by atoms with Crippen LogP contribution in [0.25, 0.3) is 10.9 Å². The first-order chi connectivity index (χ1) is 10.2. The summed E-state index contributed by atoms with van der Waals surface area (Å²) in [7, 11) is 0. The molecule has 0 N–H and O–H groups in total. The third-order valence-electron chi connectivity index (χ3n) is 3.13. The Kier molecular flexibility index (Phi) is 3.59. The number of aromatic nitrogens is 1. The monoisotopic (exact) mass is 338 g/mol. The van der Waals surface area contributed by atoms with Gasteiger partial charge in [0.2, 0.25) is 0 Å². The van der Waals surface area contributed by atoms with Gasteiger partial charge in [-0.2, -0.15) is 5.26 Å². The minimum absolute atomic E-state index is 0.474. The van der Waals surface area contributed by atoms with Gasteiger partial charge in [0.15, 0.2) is 5.75 Å². The summed E-state index contributed by atoms with van der Waals surface area (Å²) in [4.78, 5) is 4.53. The van der Waals surface area contributed by atoms with E-state index in [0.29, 0.717) is 21.5 Å². The number of aryl methyl sites for hydroxylation is 1. The standard InChI is InChI=1S/C17H11BrN2O/c1-11-8-9-12-4-2-7-16(17(12)20-11)21-15-6-3-5-14(18)13(15)10-19/h2-9H,1H3. The number of benzene rings is 2. The fourth-order valence-electron chi connectivity index (χ4n) is 2.12. The maximum Gasteiger partial charge on any atom is 0.153 e. The van der Waals surface area contributed by atoms with Gasteiger partial charge in [-0.25, -0.2) is 4.98 Å². The summed E-state index contributed by atoms with van der Waals surface area (Å²) >= 11 is 3.36. The van der Waals surface area contributed by atoms with Gasteiger partial charge in [0.25, 0.3) is 0 Å². The maximum atomic E-state index is 9.26. The van der Waals surface area contributed by atoms with Crippen LogP contribution >= 0.6 is 15.9 Å². The highest BCUT2D eigenvalue weighted by Crippen LogP contribution is 2.33. The summed E-state index contributed by atoms with van der Waals surface area (Å²) in [5.41, 5.74) is 2.19. The molecule has 0 aliphatic heterocycles. The predicted molar refractivity (Wildman–Crippen MR) is 85.4 cm³/mol.